The van der Waals surface area contributed by atoms with Crippen LogP contribution in [0.1, 0.15) is 79.4 Å². The Balaban J connectivity index is 0.564. The molecule has 1 amide bonds. The third-order valence-electron chi connectivity index (χ3n) is 23.8. The van der Waals surface area contributed by atoms with E-state index >= 15 is 0 Å². The minimum absolute atomic E-state index is 0.0356. The van der Waals surface area contributed by atoms with Gasteiger partial charge in [-0.05, 0) is 60.7 Å². The number of carbonyl (C=O) groups is 1. The summed E-state index contributed by atoms with van der Waals surface area (Å²) in [6.07, 6.45) is -36.5. The summed E-state index contributed by atoms with van der Waals surface area (Å²) in [5.74, 6) is -2.17. The van der Waals surface area contributed by atoms with Crippen molar-refractivity contribution >= 4 is 114 Å². The molecule has 6 aliphatic heterocycles. The van der Waals surface area contributed by atoms with E-state index in [0.717, 1.165) is 95.4 Å². The maximum absolute atomic E-state index is 14.6. The van der Waals surface area contributed by atoms with Gasteiger partial charge >= 0.3 is 56.2 Å². The van der Waals surface area contributed by atoms with Crippen LogP contribution < -0.4 is 61.6 Å². The lowest BCUT2D eigenvalue weighted by atomic mass is 10.1. The summed E-state index contributed by atoms with van der Waals surface area (Å²) in [6.45, 7) is -3.53. The molecule has 6 saturated heterocycles. The van der Waals surface area contributed by atoms with Gasteiger partial charge in [-0.25, -0.2) is 72.1 Å². The first-order valence-corrected chi connectivity index (χ1v) is 49.6. The number of aryl methyl sites for hydroxylation is 2. The number of hydrogen-bond acceptors (Lipinski definition) is 47. The molecule has 6 fully saturated rings. The first-order chi connectivity index (χ1) is 66.8. The van der Waals surface area contributed by atoms with Gasteiger partial charge in [0.15, 0.2) is 59.0 Å². The fourth-order valence-electron chi connectivity index (χ4n) is 17.2. The third kappa shape index (κ3) is 20.1. The number of phosphoric ester groups is 5. The Bertz CT molecular complexity index is 7350. The molecule has 9 aromatic heterocycles. The van der Waals surface area contributed by atoms with Crippen molar-refractivity contribution in [1.29, 1.82) is 0 Å². The Hall–Kier alpha value is -11.1. The van der Waals surface area contributed by atoms with Crippen molar-refractivity contribution in [3.8, 4) is 11.1 Å². The minimum atomic E-state index is -5.97. The smallest absolute Gasteiger partial charge is 0.394 e. The molecule has 27 atom stereocenters. The Morgan fingerprint density at radius 1 is 0.475 bits per heavy atom. The standard InChI is InChI=1S/C74H86N23O39P5/c1-28-16-92(73(109)89-63(28)105)45-14-36(39(126-45)19-121-137(111,112)132-37-15-46(93-17-29(2)64(106)90-74(93)110)127-40(37)20-122-139(115,116)134-55-38(18-98)128-67(52(55)102)94-26-83-47-58(76)79-24-81-60(47)94)133-138(113,114)124-22-42-56(53(103)66(130-42)91-11-10-44(75)85-72(91)108)135-141(119,120)125-23-43-57(54(104)68(131-43)95-27-84-48-59(77)80-25-82-61(48)95)136-140(117,118)123-21-41-50(100)51(101)69(129-41)97-62-49(65(107)88-70(78)87-62)86-71(97)96(30(3)99)33-8-9-35-32(13-33)12-31-6-4-5-7-34(31)35/h4-11,13,16-17,24-27,36-43,45-46,50-57,66-69,98,100-104H,12,14-15,18-23H2,1-3H3,(H,111,112)(H,113,114)(H,115,116)(H,117,118)(H,119,120)(H2,75,85,108)(H2,76,79,81)(H2,77,80,82)(H,89,105,109)(H,90,106,110)(H3,78,87,88,107)/t36-,37-,38+,39+,40+,41+,42+,43+,45+,46+,50+,51+,52+,53+,54+,55+,56+,57+,66+,67+,68+,69+/m0/s1. The van der Waals surface area contributed by atoms with E-state index in [1.807, 2.05) is 29.2 Å². The number of rotatable bonds is 34. The molecule has 67 heteroatoms. The van der Waals surface area contributed by atoms with Crippen molar-refractivity contribution in [2.45, 2.75) is 175 Å². The predicted molar refractivity (Wildman–Crippen MR) is 468 cm³/mol. The first-order valence-electron chi connectivity index (χ1n) is 42.2. The molecule has 11 aromatic rings. The molecule has 5 unspecified atom stereocenters. The van der Waals surface area contributed by atoms with Crippen molar-refractivity contribution in [3.63, 3.8) is 0 Å². The van der Waals surface area contributed by atoms with Crippen LogP contribution >= 0.6 is 39.1 Å². The maximum atomic E-state index is 14.6. The van der Waals surface area contributed by atoms with Gasteiger partial charge in [0.1, 0.15) is 140 Å². The number of imidazole rings is 3. The monoisotopic (exact) mass is 2080 g/mol. The van der Waals surface area contributed by atoms with Gasteiger partial charge < -0.3 is 106 Å². The van der Waals surface area contributed by atoms with Gasteiger partial charge in [0.05, 0.1) is 58.0 Å². The molecule has 0 spiro atoms. The number of aliphatic hydroxyl groups is 6. The number of aromatic amines is 3. The van der Waals surface area contributed by atoms with Crippen LogP contribution in [0.2, 0.25) is 0 Å². The molecule has 18 rings (SSSR count). The number of nitrogens with one attached hydrogen (secondary N) is 3. The lowest BCUT2D eigenvalue weighted by Crippen LogP contribution is -2.38. The molecule has 7 aliphatic rings. The van der Waals surface area contributed by atoms with Crippen LogP contribution in [-0.2, 0) is 108 Å². The number of aromatic nitrogens is 18. The Morgan fingerprint density at radius 3 is 1.43 bits per heavy atom. The van der Waals surface area contributed by atoms with E-state index in [-0.39, 0.29) is 68.2 Å². The van der Waals surface area contributed by atoms with E-state index < -0.39 is 278 Å². The largest absolute Gasteiger partial charge is 0.472 e. The number of carbonyl (C=O) groups excluding carboxylic acids is 1. The second kappa shape index (κ2) is 38.9. The van der Waals surface area contributed by atoms with Gasteiger partial charge in [-0.1, -0.05) is 30.3 Å². The predicted octanol–water partition coefficient (Wildman–Crippen LogP) is -3.17. The van der Waals surface area contributed by atoms with Gasteiger partial charge in [0.25, 0.3) is 16.7 Å². The number of nitrogens with zero attached hydrogens (tertiary/aromatic N) is 16. The van der Waals surface area contributed by atoms with Crippen molar-refractivity contribution < 1.29 is 156 Å². The first kappa shape index (κ1) is 100.0. The quantitative estimate of drug-likeness (QED) is 0.0177. The van der Waals surface area contributed by atoms with Crippen LogP contribution in [0.3, 0.4) is 0 Å². The number of benzene rings is 2. The van der Waals surface area contributed by atoms with E-state index in [1.54, 1.807) is 18.2 Å². The van der Waals surface area contributed by atoms with E-state index in [1.165, 1.54) is 25.3 Å². The Morgan fingerprint density at radius 2 is 0.929 bits per heavy atom. The molecule has 62 nitrogen and oxygen atoms in total. The summed E-state index contributed by atoms with van der Waals surface area (Å²) in [7, 11) is -28.9. The zero-order valence-corrected chi connectivity index (χ0v) is 77.2. The van der Waals surface area contributed by atoms with Crippen LogP contribution in [0.5, 0.6) is 0 Å². The highest BCUT2D eigenvalue weighted by atomic mass is 31.2. The molecule has 22 N–H and O–H groups in total. The Kier molecular flexibility index (Phi) is 27.6. The van der Waals surface area contributed by atoms with Crippen molar-refractivity contribution in [2.24, 2.45) is 0 Å². The number of amides is 1. The summed E-state index contributed by atoms with van der Waals surface area (Å²) in [5, 5.41) is 69.6. The lowest BCUT2D eigenvalue weighted by Gasteiger charge is -2.26. The maximum Gasteiger partial charge on any atom is 0.472 e. The van der Waals surface area contributed by atoms with E-state index in [0.29, 0.717) is 11.0 Å². The number of hydrogen-bond donors (Lipinski definition) is 18. The average molecular weight is 2080 g/mol. The number of fused-ring (bicyclic) bond motifs is 6. The topological polar surface area (TPSA) is 875 Å². The highest BCUT2D eigenvalue weighted by molar-refractivity contribution is 7.48. The van der Waals surface area contributed by atoms with E-state index in [4.69, 9.17) is 96.6 Å². The van der Waals surface area contributed by atoms with E-state index in [9.17, 15) is 111 Å². The summed E-state index contributed by atoms with van der Waals surface area (Å²) >= 11 is 0. The van der Waals surface area contributed by atoms with Gasteiger partial charge in [-0.3, -0.25) is 112 Å². The number of anilines is 6. The number of H-pyrrole nitrogens is 3. The van der Waals surface area contributed by atoms with Crippen LogP contribution in [0.25, 0.3) is 44.6 Å². The lowest BCUT2D eigenvalue weighted by molar-refractivity contribution is -0.116. The number of nitrogen functional groups attached to an aromatic ring is 4. The second-order valence-corrected chi connectivity index (χ2v) is 40.1. The molecule has 0 saturated carbocycles. The van der Waals surface area contributed by atoms with Crippen LogP contribution in [0, 0.1) is 13.8 Å². The zero-order valence-electron chi connectivity index (χ0n) is 72.8. The van der Waals surface area contributed by atoms with Crippen molar-refractivity contribution in [3.05, 3.63) is 177 Å². The average Bonchev–Trinajstić information content (AvgIpc) is 1.58. The molecule has 2 aromatic carbocycles. The number of phosphoric acid groups is 5. The molecule has 0 bridgehead atoms. The van der Waals surface area contributed by atoms with Gasteiger partial charge in [-0.15, -0.1) is 0 Å². The third-order valence-corrected chi connectivity index (χ3v) is 28.8. The van der Waals surface area contributed by atoms with Gasteiger partial charge in [0, 0.05) is 49.5 Å². The Labute approximate surface area is 784 Å². The summed E-state index contributed by atoms with van der Waals surface area (Å²) in [4.78, 5) is 195. The zero-order chi connectivity index (χ0) is 100. The number of aliphatic hydroxyl groups excluding tert-OH is 6. The highest BCUT2D eigenvalue weighted by Gasteiger charge is 2.57. The highest BCUT2D eigenvalue weighted by Crippen LogP contribution is 2.57. The second-order valence-electron chi connectivity index (χ2n) is 33.0. The fourth-order valence-corrected chi connectivity index (χ4v) is 22.0. The van der Waals surface area contributed by atoms with Crippen LogP contribution in [-0.4, -0.2) is 286 Å². The SMILES string of the molecule is CC(=O)N(c1ccc2c(c1)Cc1ccccc1-2)c1nc2c(=O)[nH]c(N)nc2n1[C@@H]1O[C@H](COP(=O)(O)O[C@H]2[C@@H](O)[C@H](n3cnc4c(N)ncnc43)O[C@@H]2COP(=O)(O)O[C@H]2[C@@H](O)[C@H](n3ccc(N)nc3=O)O[C@@H]2COP(=O)(O)O[C@H]2C[C@H](n3cc(C)c(=O)[nH]c3=O)O[C@@H]2COP(=O)(O)O[C@H]2C[C@H](n3cc(C)c(=O)[nH]c3=O)O[C@@H]2COP(=O)(O)O[C@H]2[C@@H](O)[C@H](n3cnc4c(N)ncnc43)O[C@@H]2CO)[C@@H](O)[C@H]1O. The van der Waals surface area contributed by atoms with Gasteiger partial charge in [-0.2, -0.15) is 9.97 Å². The summed E-state index contributed by atoms with van der Waals surface area (Å²) < 4.78 is 168. The van der Waals surface area contributed by atoms with Crippen molar-refractivity contribution in [2.75, 3.05) is 67.5 Å². The molecular weight excluding hydrogens is 1990 g/mol. The van der Waals surface area contributed by atoms with Crippen LogP contribution in [0.15, 0.2) is 121 Å². The normalized spacial score (nSPS) is 29.3. The van der Waals surface area contributed by atoms with Crippen LogP contribution in [0.4, 0.5) is 35.0 Å². The van der Waals surface area contributed by atoms with Crippen molar-refractivity contribution in [1.82, 2.24) is 87.2 Å². The minimum Gasteiger partial charge on any atom is -0.394 e. The molecule has 1 aliphatic carbocycles. The molecule has 141 heavy (non-hydrogen) atoms. The number of nitrogens with two attached hydrogens (primary N) is 4. The summed E-state index contributed by atoms with van der Waals surface area (Å²) in [6, 6.07) is 13.7. The van der Waals surface area contributed by atoms with E-state index in [2.05, 4.69) is 54.8 Å². The molecular formula is C74H86N23O39P5. The molecule has 0 radical (unpaired) electrons. The fraction of sp³-hybridized carbons (Fsp3) is 0.459. The molecule has 15 heterocycles. The summed E-state index contributed by atoms with van der Waals surface area (Å²) in [5.41, 5.74) is 20.4. The van der Waals surface area contributed by atoms with Gasteiger partial charge in [0.2, 0.25) is 17.8 Å². The molecule has 756 valence electrons. The number of ether oxygens (including phenoxy) is 6.